The number of hydrogen-bond acceptors (Lipinski definition) is 3. The summed E-state index contributed by atoms with van der Waals surface area (Å²) in [5, 5.41) is 20.0. The third kappa shape index (κ3) is 2.25. The van der Waals surface area contributed by atoms with Crippen LogP contribution in [-0.2, 0) is 0 Å². The monoisotopic (exact) mass is 296 g/mol. The maximum atomic E-state index is 9.61. The van der Waals surface area contributed by atoms with E-state index >= 15 is 0 Å². The first-order valence-electron chi connectivity index (χ1n) is 7.25. The molecular weight excluding hydrogens is 284 g/mol. The van der Waals surface area contributed by atoms with Crippen LogP contribution < -0.4 is 0 Å². The van der Waals surface area contributed by atoms with Crippen LogP contribution in [0.1, 0.15) is 11.3 Å². The molecule has 0 aliphatic heterocycles. The van der Waals surface area contributed by atoms with Crippen LogP contribution in [0.5, 0.6) is 0 Å². The number of nitrogens with one attached hydrogen (secondary N) is 1. The molecule has 4 heteroatoms. The van der Waals surface area contributed by atoms with Crippen LogP contribution >= 0.6 is 0 Å². The van der Waals surface area contributed by atoms with Gasteiger partial charge in [-0.25, -0.2) is 0 Å². The molecule has 2 heterocycles. The molecule has 108 valence electrons. The van der Waals surface area contributed by atoms with Crippen molar-refractivity contribution in [2.45, 2.75) is 0 Å². The SMILES string of the molecule is N#CC(=Cc1cccc2cnccc12)c1n[nH]c2ccccc12. The fraction of sp³-hybridized carbons (Fsp3) is 0. The standard InChI is InChI=1S/C19H12N4/c20-11-15(19-17-6-1-2-7-18(17)22-23-19)10-13-4-3-5-14-12-21-9-8-16(13)14/h1-10,12H,(H,22,23). The molecule has 0 aliphatic rings. The van der Waals surface area contributed by atoms with Crippen LogP contribution in [0, 0.1) is 11.3 Å². The Morgan fingerprint density at radius 2 is 1.96 bits per heavy atom. The highest BCUT2D eigenvalue weighted by molar-refractivity contribution is 6.02. The van der Waals surface area contributed by atoms with Gasteiger partial charge in [-0.3, -0.25) is 10.1 Å². The van der Waals surface area contributed by atoms with E-state index in [0.717, 1.165) is 27.2 Å². The highest BCUT2D eigenvalue weighted by Crippen LogP contribution is 2.26. The van der Waals surface area contributed by atoms with E-state index in [1.807, 2.05) is 60.8 Å². The predicted molar refractivity (Wildman–Crippen MR) is 91.3 cm³/mol. The number of rotatable bonds is 2. The molecule has 4 rings (SSSR count). The highest BCUT2D eigenvalue weighted by atomic mass is 15.1. The van der Waals surface area contributed by atoms with Gasteiger partial charge in [0.25, 0.3) is 0 Å². The molecule has 0 bridgehead atoms. The number of hydrogen-bond donors (Lipinski definition) is 1. The topological polar surface area (TPSA) is 65.4 Å². The van der Waals surface area contributed by atoms with E-state index in [9.17, 15) is 5.26 Å². The first-order chi connectivity index (χ1) is 11.4. The van der Waals surface area contributed by atoms with E-state index < -0.39 is 0 Å². The van der Waals surface area contributed by atoms with Crippen LogP contribution in [0.15, 0.2) is 60.9 Å². The summed E-state index contributed by atoms with van der Waals surface area (Å²) in [4.78, 5) is 4.14. The molecule has 0 atom stereocenters. The predicted octanol–water partition coefficient (Wildman–Crippen LogP) is 4.18. The summed E-state index contributed by atoms with van der Waals surface area (Å²) in [6.45, 7) is 0. The van der Waals surface area contributed by atoms with Gasteiger partial charge in [0.05, 0.1) is 11.1 Å². The number of nitriles is 1. The average Bonchev–Trinajstić information content (AvgIpc) is 3.04. The Morgan fingerprint density at radius 3 is 2.87 bits per heavy atom. The number of para-hydroxylation sites is 1. The first kappa shape index (κ1) is 13.2. The van der Waals surface area contributed by atoms with Crippen LogP contribution in [0.4, 0.5) is 0 Å². The third-order valence-electron chi connectivity index (χ3n) is 3.86. The fourth-order valence-corrected chi connectivity index (χ4v) is 2.75. The van der Waals surface area contributed by atoms with E-state index in [2.05, 4.69) is 21.3 Å². The lowest BCUT2D eigenvalue weighted by Gasteiger charge is -2.02. The second-order valence-corrected chi connectivity index (χ2v) is 5.23. The van der Waals surface area contributed by atoms with Gasteiger partial charge in [-0.05, 0) is 29.2 Å². The molecule has 0 saturated carbocycles. The Hall–Kier alpha value is -3.45. The van der Waals surface area contributed by atoms with Crippen molar-refractivity contribution in [2.24, 2.45) is 0 Å². The molecule has 0 saturated heterocycles. The molecule has 4 nitrogen and oxygen atoms in total. The van der Waals surface area contributed by atoms with Gasteiger partial charge >= 0.3 is 0 Å². The number of H-pyrrole nitrogens is 1. The van der Waals surface area contributed by atoms with Gasteiger partial charge in [0.15, 0.2) is 0 Å². The Labute approximate surface area is 132 Å². The maximum absolute atomic E-state index is 9.61. The van der Waals surface area contributed by atoms with Crippen molar-refractivity contribution < 1.29 is 0 Å². The van der Waals surface area contributed by atoms with Crippen molar-refractivity contribution in [2.75, 3.05) is 0 Å². The Bertz CT molecular complexity index is 1080. The van der Waals surface area contributed by atoms with Gasteiger partial charge in [-0.15, -0.1) is 0 Å². The molecule has 0 aliphatic carbocycles. The molecular formula is C19H12N4. The van der Waals surface area contributed by atoms with Crippen LogP contribution in [0.25, 0.3) is 33.3 Å². The Morgan fingerprint density at radius 1 is 1.04 bits per heavy atom. The molecule has 0 radical (unpaired) electrons. The first-order valence-corrected chi connectivity index (χ1v) is 7.25. The molecule has 2 aromatic carbocycles. The molecule has 2 aromatic heterocycles. The van der Waals surface area contributed by atoms with Gasteiger partial charge in [-0.1, -0.05) is 36.4 Å². The van der Waals surface area contributed by atoms with Gasteiger partial charge < -0.3 is 0 Å². The van der Waals surface area contributed by atoms with Crippen molar-refractivity contribution in [1.29, 1.82) is 5.26 Å². The molecule has 0 spiro atoms. The number of pyridine rings is 1. The summed E-state index contributed by atoms with van der Waals surface area (Å²) in [5.74, 6) is 0. The molecule has 4 aromatic rings. The van der Waals surface area contributed by atoms with Crippen molar-refractivity contribution >= 4 is 33.3 Å². The average molecular weight is 296 g/mol. The molecule has 23 heavy (non-hydrogen) atoms. The highest BCUT2D eigenvalue weighted by Gasteiger charge is 2.10. The van der Waals surface area contributed by atoms with Crippen LogP contribution in [0.3, 0.4) is 0 Å². The Kier molecular flexibility index (Phi) is 3.10. The fourth-order valence-electron chi connectivity index (χ4n) is 2.75. The van der Waals surface area contributed by atoms with E-state index in [-0.39, 0.29) is 0 Å². The lowest BCUT2D eigenvalue weighted by molar-refractivity contribution is 1.10. The minimum Gasteiger partial charge on any atom is -0.277 e. The Balaban J connectivity index is 1.93. The largest absolute Gasteiger partial charge is 0.277 e. The van der Waals surface area contributed by atoms with E-state index in [1.54, 1.807) is 6.20 Å². The minimum absolute atomic E-state index is 0.534. The lowest BCUT2D eigenvalue weighted by Crippen LogP contribution is -1.85. The van der Waals surface area contributed by atoms with Crippen molar-refractivity contribution in [3.05, 3.63) is 72.2 Å². The number of aromatic amines is 1. The van der Waals surface area contributed by atoms with Crippen molar-refractivity contribution in [1.82, 2.24) is 15.2 Å². The molecule has 0 unspecified atom stereocenters. The number of nitrogens with zero attached hydrogens (tertiary/aromatic N) is 3. The molecule has 0 fully saturated rings. The van der Waals surface area contributed by atoms with Crippen LogP contribution in [0.2, 0.25) is 0 Å². The number of allylic oxidation sites excluding steroid dienone is 1. The number of aromatic nitrogens is 3. The summed E-state index contributed by atoms with van der Waals surface area (Å²) in [5.41, 5.74) is 3.11. The molecule has 1 N–H and O–H groups in total. The summed E-state index contributed by atoms with van der Waals surface area (Å²) < 4.78 is 0. The zero-order valence-corrected chi connectivity index (χ0v) is 12.2. The lowest BCUT2D eigenvalue weighted by atomic mass is 10.0. The van der Waals surface area contributed by atoms with Crippen LogP contribution in [-0.4, -0.2) is 15.2 Å². The third-order valence-corrected chi connectivity index (χ3v) is 3.86. The normalized spacial score (nSPS) is 11.7. The number of benzene rings is 2. The zero-order valence-electron chi connectivity index (χ0n) is 12.2. The van der Waals surface area contributed by atoms with E-state index in [1.165, 1.54) is 0 Å². The number of fused-ring (bicyclic) bond motifs is 2. The van der Waals surface area contributed by atoms with Gasteiger partial charge in [0.2, 0.25) is 0 Å². The zero-order chi connectivity index (χ0) is 15.6. The smallest absolute Gasteiger partial charge is 0.110 e. The summed E-state index contributed by atoms with van der Waals surface area (Å²) >= 11 is 0. The summed E-state index contributed by atoms with van der Waals surface area (Å²) in [6.07, 6.45) is 5.46. The minimum atomic E-state index is 0.534. The van der Waals surface area contributed by atoms with Gasteiger partial charge in [0, 0.05) is 23.2 Å². The quantitative estimate of drug-likeness (QED) is 0.564. The van der Waals surface area contributed by atoms with Gasteiger partial charge in [-0.2, -0.15) is 10.4 Å². The molecule has 0 amide bonds. The van der Waals surface area contributed by atoms with E-state index in [4.69, 9.17) is 0 Å². The maximum Gasteiger partial charge on any atom is 0.110 e. The van der Waals surface area contributed by atoms with Crippen molar-refractivity contribution in [3.63, 3.8) is 0 Å². The second-order valence-electron chi connectivity index (χ2n) is 5.23. The summed E-state index contributed by atoms with van der Waals surface area (Å²) in [6, 6.07) is 18.0. The van der Waals surface area contributed by atoms with Gasteiger partial charge in [0.1, 0.15) is 11.8 Å². The summed E-state index contributed by atoms with van der Waals surface area (Å²) in [7, 11) is 0. The van der Waals surface area contributed by atoms with E-state index in [0.29, 0.717) is 11.3 Å². The van der Waals surface area contributed by atoms with Crippen molar-refractivity contribution in [3.8, 4) is 6.07 Å². The second kappa shape index (κ2) is 5.39.